The van der Waals surface area contributed by atoms with E-state index in [1.807, 2.05) is 24.4 Å². The predicted molar refractivity (Wildman–Crippen MR) is 109 cm³/mol. The number of aromatic nitrogens is 4. The average molecular weight is 370 g/mol. The largest absolute Gasteiger partial charge is 0.437 e. The highest BCUT2D eigenvalue weighted by atomic mass is 16.5. The summed E-state index contributed by atoms with van der Waals surface area (Å²) in [6, 6.07) is 18.6. The first-order valence-corrected chi connectivity index (χ1v) is 9.20. The Morgan fingerprint density at radius 2 is 1.57 bits per heavy atom. The summed E-state index contributed by atoms with van der Waals surface area (Å²) in [4.78, 5) is 8.65. The van der Waals surface area contributed by atoms with Crippen molar-refractivity contribution in [2.75, 3.05) is 0 Å². The fraction of sp³-hybridized carbons (Fsp3) is 0.174. The number of nitrogens with zero attached hydrogens (tertiary/aromatic N) is 4. The number of benzene rings is 2. The molecule has 0 unspecified atom stereocenters. The van der Waals surface area contributed by atoms with Crippen molar-refractivity contribution in [1.82, 2.24) is 19.7 Å². The van der Waals surface area contributed by atoms with Gasteiger partial charge in [0, 0.05) is 17.8 Å². The van der Waals surface area contributed by atoms with Crippen molar-refractivity contribution < 1.29 is 4.74 Å². The lowest BCUT2D eigenvalue weighted by molar-refractivity contribution is 0.458. The van der Waals surface area contributed by atoms with Crippen LogP contribution in [-0.2, 0) is 5.41 Å². The first-order valence-electron chi connectivity index (χ1n) is 9.20. The van der Waals surface area contributed by atoms with Gasteiger partial charge in [-0.25, -0.2) is 4.68 Å². The van der Waals surface area contributed by atoms with E-state index in [9.17, 15) is 0 Å². The molecule has 0 aliphatic heterocycles. The van der Waals surface area contributed by atoms with Crippen molar-refractivity contribution in [2.45, 2.75) is 26.2 Å². The van der Waals surface area contributed by atoms with E-state index in [1.54, 1.807) is 23.3 Å². The molecule has 0 fully saturated rings. The van der Waals surface area contributed by atoms with Gasteiger partial charge in [-0.15, -0.1) is 0 Å². The molecular weight excluding hydrogens is 348 g/mol. The number of ether oxygens (including phenoxy) is 1. The van der Waals surface area contributed by atoms with Gasteiger partial charge in [0.25, 0.3) is 0 Å². The highest BCUT2D eigenvalue weighted by molar-refractivity contribution is 5.41. The summed E-state index contributed by atoms with van der Waals surface area (Å²) < 4.78 is 7.54. The first-order chi connectivity index (χ1) is 13.5. The van der Waals surface area contributed by atoms with Gasteiger partial charge in [-0.2, -0.15) is 10.1 Å². The molecule has 0 amide bonds. The maximum atomic E-state index is 5.89. The van der Waals surface area contributed by atoms with Crippen LogP contribution in [-0.4, -0.2) is 19.7 Å². The molecule has 0 N–H and O–H groups in total. The van der Waals surface area contributed by atoms with Crippen LogP contribution >= 0.6 is 0 Å². The van der Waals surface area contributed by atoms with Crippen molar-refractivity contribution >= 4 is 0 Å². The summed E-state index contributed by atoms with van der Waals surface area (Å²) in [7, 11) is 0. The van der Waals surface area contributed by atoms with E-state index in [-0.39, 0.29) is 5.41 Å². The second kappa shape index (κ2) is 7.27. The molecule has 0 aliphatic carbocycles. The van der Waals surface area contributed by atoms with E-state index >= 15 is 0 Å². The van der Waals surface area contributed by atoms with Gasteiger partial charge < -0.3 is 4.74 Å². The van der Waals surface area contributed by atoms with E-state index in [0.717, 1.165) is 5.75 Å². The number of hydrogen-bond acceptors (Lipinski definition) is 4. The molecule has 5 nitrogen and oxygen atoms in total. The SMILES string of the molecule is Cc1ccc(C(C)(C)c2ccc(Oc3cncc(-n4cccn4)n3)cc2)cc1. The molecule has 2 aromatic carbocycles. The molecule has 0 atom stereocenters. The van der Waals surface area contributed by atoms with E-state index < -0.39 is 0 Å². The van der Waals surface area contributed by atoms with Crippen LogP contribution in [0, 0.1) is 6.92 Å². The lowest BCUT2D eigenvalue weighted by Crippen LogP contribution is -2.18. The van der Waals surface area contributed by atoms with Crippen molar-refractivity contribution in [1.29, 1.82) is 0 Å². The molecule has 0 saturated carbocycles. The van der Waals surface area contributed by atoms with Crippen LogP contribution in [0.3, 0.4) is 0 Å². The molecule has 2 heterocycles. The van der Waals surface area contributed by atoms with Crippen molar-refractivity contribution in [3.8, 4) is 17.4 Å². The minimum Gasteiger partial charge on any atom is -0.437 e. The Morgan fingerprint density at radius 1 is 0.893 bits per heavy atom. The normalized spacial score (nSPS) is 11.4. The molecule has 140 valence electrons. The molecule has 2 aromatic heterocycles. The summed E-state index contributed by atoms with van der Waals surface area (Å²) in [6.45, 7) is 6.56. The molecule has 5 heteroatoms. The Kier molecular flexibility index (Phi) is 4.65. The Balaban J connectivity index is 1.54. The lowest BCUT2D eigenvalue weighted by Gasteiger charge is -2.26. The third-order valence-electron chi connectivity index (χ3n) is 4.91. The highest BCUT2D eigenvalue weighted by Gasteiger charge is 2.22. The zero-order chi connectivity index (χ0) is 19.6. The quantitative estimate of drug-likeness (QED) is 0.491. The topological polar surface area (TPSA) is 52.8 Å². The fourth-order valence-electron chi connectivity index (χ4n) is 3.10. The molecule has 0 spiro atoms. The van der Waals surface area contributed by atoms with E-state index in [4.69, 9.17) is 4.74 Å². The van der Waals surface area contributed by atoms with Gasteiger partial charge in [0.05, 0.1) is 12.4 Å². The average Bonchev–Trinajstić information content (AvgIpc) is 3.24. The first kappa shape index (κ1) is 17.9. The highest BCUT2D eigenvalue weighted by Crippen LogP contribution is 2.33. The minimum atomic E-state index is -0.0912. The van der Waals surface area contributed by atoms with Gasteiger partial charge in [0.1, 0.15) is 5.75 Å². The third kappa shape index (κ3) is 3.64. The van der Waals surface area contributed by atoms with Gasteiger partial charge >= 0.3 is 0 Å². The van der Waals surface area contributed by atoms with Gasteiger partial charge in [0.2, 0.25) is 5.88 Å². The van der Waals surface area contributed by atoms with Gasteiger partial charge in [-0.05, 0) is 36.2 Å². The fourth-order valence-corrected chi connectivity index (χ4v) is 3.10. The van der Waals surface area contributed by atoms with Gasteiger partial charge in [0.15, 0.2) is 5.82 Å². The molecular formula is C23H22N4O. The summed E-state index contributed by atoms with van der Waals surface area (Å²) in [5, 5.41) is 4.17. The maximum Gasteiger partial charge on any atom is 0.239 e. The van der Waals surface area contributed by atoms with Crippen molar-refractivity contribution in [2.24, 2.45) is 0 Å². The summed E-state index contributed by atoms with van der Waals surface area (Å²) in [5.74, 6) is 1.76. The summed E-state index contributed by atoms with van der Waals surface area (Å²) >= 11 is 0. The molecule has 0 saturated heterocycles. The van der Waals surface area contributed by atoms with Crippen molar-refractivity contribution in [3.05, 3.63) is 96.1 Å². The number of hydrogen-bond donors (Lipinski definition) is 0. The molecule has 4 aromatic rings. The minimum absolute atomic E-state index is 0.0912. The Hall–Kier alpha value is -3.47. The standard InChI is InChI=1S/C23H22N4O/c1-17-5-7-18(8-6-17)23(2,3)19-9-11-20(12-10-19)28-22-16-24-15-21(26-22)27-14-4-13-25-27/h4-16H,1-3H3. The van der Waals surface area contributed by atoms with Crippen LogP contribution in [0.15, 0.2) is 79.4 Å². The Labute approximate surface area is 164 Å². The maximum absolute atomic E-state index is 5.89. The van der Waals surface area contributed by atoms with Crippen LogP contribution in [0.4, 0.5) is 0 Å². The molecule has 0 radical (unpaired) electrons. The summed E-state index contributed by atoms with van der Waals surface area (Å²) in [6.07, 6.45) is 6.75. The van der Waals surface area contributed by atoms with Crippen LogP contribution in [0.2, 0.25) is 0 Å². The zero-order valence-corrected chi connectivity index (χ0v) is 16.2. The second-order valence-electron chi connectivity index (χ2n) is 7.28. The Morgan fingerprint density at radius 3 is 2.21 bits per heavy atom. The van der Waals surface area contributed by atoms with E-state index in [0.29, 0.717) is 11.7 Å². The van der Waals surface area contributed by atoms with E-state index in [1.165, 1.54) is 16.7 Å². The van der Waals surface area contributed by atoms with Crippen LogP contribution < -0.4 is 4.74 Å². The smallest absolute Gasteiger partial charge is 0.239 e. The van der Waals surface area contributed by atoms with Gasteiger partial charge in [-0.1, -0.05) is 55.8 Å². The Bertz CT molecular complexity index is 1050. The molecule has 28 heavy (non-hydrogen) atoms. The van der Waals surface area contributed by atoms with Crippen LogP contribution in [0.1, 0.15) is 30.5 Å². The monoisotopic (exact) mass is 370 g/mol. The van der Waals surface area contributed by atoms with E-state index in [2.05, 4.69) is 72.2 Å². The number of aryl methyl sites for hydroxylation is 1. The zero-order valence-electron chi connectivity index (χ0n) is 16.2. The van der Waals surface area contributed by atoms with Crippen LogP contribution in [0.25, 0.3) is 5.82 Å². The second-order valence-corrected chi connectivity index (χ2v) is 7.28. The molecule has 0 aliphatic rings. The molecule has 4 rings (SSSR count). The molecule has 0 bridgehead atoms. The van der Waals surface area contributed by atoms with Crippen LogP contribution in [0.5, 0.6) is 11.6 Å². The third-order valence-corrected chi connectivity index (χ3v) is 4.91. The predicted octanol–water partition coefficient (Wildman–Crippen LogP) is 5.09. The van der Waals surface area contributed by atoms with Gasteiger partial charge in [-0.3, -0.25) is 4.98 Å². The van der Waals surface area contributed by atoms with Crippen molar-refractivity contribution in [3.63, 3.8) is 0 Å². The summed E-state index contributed by atoms with van der Waals surface area (Å²) in [5.41, 5.74) is 3.68. The number of rotatable bonds is 5. The lowest BCUT2D eigenvalue weighted by atomic mass is 9.78.